The third-order valence-electron chi connectivity index (χ3n) is 17.8. The van der Waals surface area contributed by atoms with Crippen molar-refractivity contribution in [3.63, 3.8) is 0 Å². The molecule has 0 saturated carbocycles. The first-order chi connectivity index (χ1) is 48.3. The quantitative estimate of drug-likeness (QED) is 0.0621. The van der Waals surface area contributed by atoms with E-state index in [1.807, 2.05) is 47.0 Å². The fraction of sp³-hybridized carbons (Fsp3) is 0.649. The van der Waals surface area contributed by atoms with Gasteiger partial charge in [0, 0.05) is 57.0 Å². The van der Waals surface area contributed by atoms with Crippen LogP contribution in [0.1, 0.15) is 125 Å². The third-order valence-corrected chi connectivity index (χ3v) is 18.4. The molecular formula is C74H116N6O21S. The van der Waals surface area contributed by atoms with Crippen molar-refractivity contribution in [1.29, 1.82) is 0 Å². The van der Waals surface area contributed by atoms with Gasteiger partial charge in [0.15, 0.2) is 12.1 Å². The van der Waals surface area contributed by atoms with Crippen LogP contribution in [0.15, 0.2) is 115 Å². The molecular weight excluding hydrogens is 1340 g/mol. The lowest BCUT2D eigenvalue weighted by atomic mass is 9.82. The summed E-state index contributed by atoms with van der Waals surface area (Å²) in [7, 11) is 0. The van der Waals surface area contributed by atoms with Crippen LogP contribution in [0.25, 0.3) is 0 Å². The second kappa shape index (κ2) is 45.9. The maximum absolute atomic E-state index is 14.6. The summed E-state index contributed by atoms with van der Waals surface area (Å²) in [6.45, 7) is 13.8. The highest BCUT2D eigenvalue weighted by Gasteiger charge is 2.51. The molecule has 4 rings (SSSR count). The number of aliphatic hydroxyl groups is 10. The lowest BCUT2D eigenvalue weighted by Crippen LogP contribution is -2.62. The molecule has 0 aliphatic carbocycles. The van der Waals surface area contributed by atoms with Crippen LogP contribution in [0, 0.1) is 29.6 Å². The van der Waals surface area contributed by atoms with Crippen molar-refractivity contribution in [1.82, 2.24) is 26.6 Å². The molecule has 2 saturated heterocycles. The van der Waals surface area contributed by atoms with Gasteiger partial charge in [0.25, 0.3) is 0 Å². The molecule has 27 nitrogen and oxygen atoms in total. The molecule has 1 aromatic rings. The SMILES string of the molecule is CSCCC(NC(=O)OCC(C)C)C(=O)NC(CC(C)C)C(=O)NC(Cc1ccccc1)C(=O)NCCNC(=O)C1C(O)CC2(O)CC(O)CC(O)C(O)CCC(O)CC(O)CC(=O)OC(C)C(C)C(O)C(C)C=CC=CC=CC=CC=CC=CC=CC(OC3OC(C)C(O)C(N)C3O)CC1O2. The minimum Gasteiger partial charge on any atom is -0.462 e. The molecule has 102 heavy (non-hydrogen) atoms. The fourth-order valence-electron chi connectivity index (χ4n) is 11.8. The largest absolute Gasteiger partial charge is 0.462 e. The van der Waals surface area contributed by atoms with E-state index in [0.717, 1.165) is 0 Å². The minimum atomic E-state index is -2.43. The fourth-order valence-corrected chi connectivity index (χ4v) is 12.3. The van der Waals surface area contributed by atoms with E-state index in [9.17, 15) is 79.8 Å². The third kappa shape index (κ3) is 32.0. The van der Waals surface area contributed by atoms with E-state index in [-0.39, 0.29) is 82.4 Å². The molecule has 22 unspecified atom stereocenters. The van der Waals surface area contributed by atoms with Crippen LogP contribution in [-0.2, 0) is 54.1 Å². The molecule has 3 heterocycles. The summed E-state index contributed by atoms with van der Waals surface area (Å²) in [4.78, 5) is 82.6. The maximum atomic E-state index is 14.6. The highest BCUT2D eigenvalue weighted by molar-refractivity contribution is 7.98. The summed E-state index contributed by atoms with van der Waals surface area (Å²) in [5.41, 5.74) is 6.89. The number of alkyl carbamates (subject to hydrolysis) is 1. The second-order valence-corrected chi connectivity index (χ2v) is 28.7. The van der Waals surface area contributed by atoms with Crippen LogP contribution in [0.4, 0.5) is 4.79 Å². The van der Waals surface area contributed by atoms with E-state index in [0.29, 0.717) is 11.3 Å². The molecule has 3 aliphatic rings. The molecule has 2 fully saturated rings. The number of carbonyl (C=O) groups excluding carboxylic acids is 6. The number of ether oxygens (including phenoxy) is 5. The Bertz CT molecular complexity index is 2920. The summed E-state index contributed by atoms with van der Waals surface area (Å²) in [6.07, 6.45) is 3.54. The van der Waals surface area contributed by atoms with Crippen molar-refractivity contribution in [3.8, 4) is 0 Å². The molecule has 3 aliphatic heterocycles. The number of nitrogens with two attached hydrogens (primary N) is 1. The zero-order valence-corrected chi connectivity index (χ0v) is 61.1. The molecule has 1 aromatic carbocycles. The Balaban J connectivity index is 1.64. The molecule has 0 aromatic heterocycles. The van der Waals surface area contributed by atoms with Crippen molar-refractivity contribution in [2.24, 2.45) is 35.3 Å². The number of thioether (sulfide) groups is 1. The number of aliphatic hydroxyl groups excluding tert-OH is 9. The number of benzene rings is 1. The van der Waals surface area contributed by atoms with Gasteiger partial charge in [0.1, 0.15) is 30.3 Å². The molecule has 22 atom stereocenters. The Morgan fingerprint density at radius 1 is 0.637 bits per heavy atom. The Labute approximate surface area is 604 Å². The van der Waals surface area contributed by atoms with Crippen LogP contribution in [-0.4, -0.2) is 234 Å². The minimum absolute atomic E-state index is 0.00648. The van der Waals surface area contributed by atoms with Gasteiger partial charge in [-0.25, -0.2) is 4.79 Å². The van der Waals surface area contributed by atoms with Gasteiger partial charge in [-0.05, 0) is 75.4 Å². The van der Waals surface area contributed by atoms with E-state index in [4.69, 9.17) is 29.4 Å². The lowest BCUT2D eigenvalue weighted by Gasteiger charge is -2.46. The Morgan fingerprint density at radius 3 is 1.85 bits per heavy atom. The summed E-state index contributed by atoms with van der Waals surface area (Å²) in [6, 6.07) is 4.21. The number of esters is 1. The normalized spacial score (nSPS) is 31.8. The topological polar surface area (TPSA) is 437 Å². The van der Waals surface area contributed by atoms with Crippen molar-refractivity contribution >= 4 is 47.5 Å². The van der Waals surface area contributed by atoms with Gasteiger partial charge >= 0.3 is 12.1 Å². The van der Waals surface area contributed by atoms with Crippen molar-refractivity contribution in [2.75, 3.05) is 31.7 Å². The summed E-state index contributed by atoms with van der Waals surface area (Å²) < 4.78 is 29.4. The Morgan fingerprint density at radius 2 is 1.24 bits per heavy atom. The molecule has 17 N–H and O–H groups in total. The maximum Gasteiger partial charge on any atom is 0.407 e. The van der Waals surface area contributed by atoms with E-state index in [1.54, 1.807) is 117 Å². The summed E-state index contributed by atoms with van der Waals surface area (Å²) in [5, 5.41) is 126. The molecule has 5 amide bonds. The van der Waals surface area contributed by atoms with E-state index >= 15 is 0 Å². The predicted octanol–water partition coefficient (Wildman–Crippen LogP) is 2.62. The molecule has 574 valence electrons. The first kappa shape index (κ1) is 88.2. The number of nitrogens with one attached hydrogen (secondary N) is 5. The Hall–Kier alpha value is -6.19. The van der Waals surface area contributed by atoms with E-state index in [2.05, 4.69) is 26.6 Å². The monoisotopic (exact) mass is 1460 g/mol. The highest BCUT2D eigenvalue weighted by atomic mass is 32.2. The predicted molar refractivity (Wildman–Crippen MR) is 385 cm³/mol. The highest BCUT2D eigenvalue weighted by Crippen LogP contribution is 2.38. The van der Waals surface area contributed by atoms with Crippen LogP contribution in [0.2, 0.25) is 0 Å². The summed E-state index contributed by atoms with van der Waals surface area (Å²) in [5.74, 6) is -7.88. The number of cyclic esters (lactones) is 1. The average Bonchev–Trinajstić information content (AvgIpc) is 0.784. The van der Waals surface area contributed by atoms with Gasteiger partial charge in [-0.1, -0.05) is 157 Å². The molecule has 0 radical (unpaired) electrons. The zero-order valence-electron chi connectivity index (χ0n) is 60.3. The number of hydrogen-bond donors (Lipinski definition) is 16. The van der Waals surface area contributed by atoms with Crippen molar-refractivity contribution in [3.05, 3.63) is 121 Å². The summed E-state index contributed by atoms with van der Waals surface area (Å²) >= 11 is 1.46. The number of carbonyl (C=O) groups is 6. The second-order valence-electron chi connectivity index (χ2n) is 27.7. The molecule has 28 heteroatoms. The number of fused-ring (bicyclic) bond motifs is 2. The van der Waals surface area contributed by atoms with Crippen LogP contribution in [0.5, 0.6) is 0 Å². The Kier molecular flexibility index (Phi) is 39.7. The molecule has 2 bridgehead atoms. The molecule has 0 spiro atoms. The van der Waals surface area contributed by atoms with Gasteiger partial charge in [0.05, 0.1) is 92.1 Å². The van der Waals surface area contributed by atoms with Crippen LogP contribution in [0.3, 0.4) is 0 Å². The number of hydrogen-bond acceptors (Lipinski definition) is 23. The van der Waals surface area contributed by atoms with E-state index < -0.39 is 189 Å². The smallest absolute Gasteiger partial charge is 0.407 e. The number of amides is 5. The van der Waals surface area contributed by atoms with Crippen LogP contribution < -0.4 is 32.3 Å². The van der Waals surface area contributed by atoms with Gasteiger partial charge < -0.3 is 107 Å². The van der Waals surface area contributed by atoms with Gasteiger partial charge in [-0.15, -0.1) is 0 Å². The zero-order chi connectivity index (χ0) is 75.6. The number of allylic oxidation sites excluding steroid dienone is 12. The van der Waals surface area contributed by atoms with Crippen molar-refractivity contribution < 1.29 is 104 Å². The number of rotatable bonds is 21. The van der Waals surface area contributed by atoms with Crippen molar-refractivity contribution in [2.45, 2.75) is 242 Å². The van der Waals surface area contributed by atoms with Gasteiger partial charge in [-0.3, -0.25) is 24.0 Å². The van der Waals surface area contributed by atoms with Crippen LogP contribution >= 0.6 is 11.8 Å². The van der Waals surface area contributed by atoms with E-state index in [1.165, 1.54) is 24.8 Å². The lowest BCUT2D eigenvalue weighted by molar-refractivity contribution is -0.307. The van der Waals surface area contributed by atoms with Gasteiger partial charge in [-0.2, -0.15) is 11.8 Å². The van der Waals surface area contributed by atoms with Gasteiger partial charge in [0.2, 0.25) is 23.6 Å². The standard InChI is InChI=1S/C74H116N6O21S/c1-44(2)35-56(78-69(92)55(31-34-102-9)80-73(95)97-43-45(3)4)70(93)79-57(36-50-26-22-20-23-27-50)68(91)76-32-33-77-71(94)63-60(86)42-74(96)41-53(83)38-59(85)58(84)30-29-51(81)37-52(82)39-62(87)98-48(7)47(6)65(88)46(5)25-21-18-16-14-12-10-11-13-15-17-19-24-28-54(40-61(63)101-74)100-72-67(90)64(75)66(89)49(8)99-72/h10-28,44-49,51-61,63-67,72,81-86,88-90,96H,29-43,75H2,1-9H3,(H,76,91)(H,77,94)(H,78,92)(H,79,93)(H,80,95). The first-order valence-corrected chi connectivity index (χ1v) is 36.8. The average molecular weight is 1460 g/mol. The first-order valence-electron chi connectivity index (χ1n) is 35.4.